The zero-order valence-corrected chi connectivity index (χ0v) is 17.4. The van der Waals surface area contributed by atoms with Crippen molar-refractivity contribution in [2.24, 2.45) is 0 Å². The van der Waals surface area contributed by atoms with E-state index in [0.717, 1.165) is 17.1 Å². The average Bonchev–Trinajstić information content (AvgIpc) is 2.67. The minimum absolute atomic E-state index is 0.323. The summed E-state index contributed by atoms with van der Waals surface area (Å²) in [7, 11) is -3.28. The summed E-state index contributed by atoms with van der Waals surface area (Å²) >= 11 is 0. The summed E-state index contributed by atoms with van der Waals surface area (Å²) < 4.78 is 24.6. The van der Waals surface area contributed by atoms with Crippen molar-refractivity contribution in [1.29, 1.82) is 0 Å². The fraction of sp³-hybridized carbons (Fsp3) is 0.273. The van der Waals surface area contributed by atoms with Crippen LogP contribution in [-0.4, -0.2) is 23.6 Å². The van der Waals surface area contributed by atoms with E-state index in [-0.39, 0.29) is 0 Å². The summed E-state index contributed by atoms with van der Waals surface area (Å²) in [4.78, 5) is 9.45. The molecule has 2 aromatic carbocycles. The number of aryl methyl sites for hydroxylation is 2. The normalized spacial score (nSPS) is 11.6. The Hall–Kier alpha value is -2.73. The molecule has 0 bridgehead atoms. The van der Waals surface area contributed by atoms with Crippen molar-refractivity contribution >= 4 is 15.7 Å². The van der Waals surface area contributed by atoms with E-state index in [4.69, 9.17) is 0 Å². The quantitative estimate of drug-likeness (QED) is 0.663. The second-order valence-corrected chi connectivity index (χ2v) is 9.65. The summed E-state index contributed by atoms with van der Waals surface area (Å²) in [5.41, 5.74) is 4.73. The molecule has 1 heterocycles. The highest BCUT2D eigenvalue weighted by Crippen LogP contribution is 2.23. The number of anilines is 1. The Morgan fingerprint density at radius 1 is 1.04 bits per heavy atom. The molecule has 3 rings (SSSR count). The minimum atomic E-state index is -3.28. The summed E-state index contributed by atoms with van der Waals surface area (Å²) in [6.45, 7) is 8.00. The fourth-order valence-corrected chi connectivity index (χ4v) is 3.91. The number of nitrogens with one attached hydrogen (secondary N) is 1. The van der Waals surface area contributed by atoms with Crippen molar-refractivity contribution in [2.45, 2.75) is 44.4 Å². The molecule has 0 aliphatic rings. The molecule has 146 valence electrons. The number of nitrogens with zero attached hydrogens (tertiary/aromatic N) is 2. The lowest BCUT2D eigenvalue weighted by molar-refractivity contribution is 0.587. The lowest BCUT2D eigenvalue weighted by atomic mass is 10.1. The van der Waals surface area contributed by atoms with E-state index in [1.54, 1.807) is 44.3 Å². The Labute approximate surface area is 166 Å². The smallest absolute Gasteiger partial charge is 0.180 e. The van der Waals surface area contributed by atoms with Gasteiger partial charge in [0.2, 0.25) is 0 Å². The number of sulfone groups is 1. The van der Waals surface area contributed by atoms with Gasteiger partial charge in [0, 0.05) is 12.1 Å². The van der Waals surface area contributed by atoms with E-state index in [2.05, 4.69) is 40.4 Å². The van der Waals surface area contributed by atoms with Crippen LogP contribution in [0, 0.1) is 13.8 Å². The summed E-state index contributed by atoms with van der Waals surface area (Å²) in [5.74, 6) is 0.720. The molecule has 0 saturated carbocycles. The van der Waals surface area contributed by atoms with Crippen LogP contribution in [0.4, 0.5) is 5.82 Å². The molecular weight excluding hydrogens is 370 g/mol. The van der Waals surface area contributed by atoms with E-state index in [9.17, 15) is 8.42 Å². The first-order valence-corrected chi connectivity index (χ1v) is 10.8. The van der Waals surface area contributed by atoms with Gasteiger partial charge in [-0.2, -0.15) is 0 Å². The molecule has 1 N–H and O–H groups in total. The predicted octanol–water partition coefficient (Wildman–Crippen LogP) is 4.55. The zero-order chi connectivity index (χ0) is 20.3. The van der Waals surface area contributed by atoms with Gasteiger partial charge in [-0.25, -0.2) is 13.4 Å². The molecule has 0 aliphatic carbocycles. The van der Waals surface area contributed by atoms with Crippen molar-refractivity contribution in [3.8, 4) is 11.3 Å². The lowest BCUT2D eigenvalue weighted by Crippen LogP contribution is -2.13. The van der Waals surface area contributed by atoms with Gasteiger partial charge in [-0.3, -0.25) is 4.98 Å². The van der Waals surface area contributed by atoms with Gasteiger partial charge in [0.15, 0.2) is 9.84 Å². The average molecular weight is 396 g/mol. The molecule has 0 saturated heterocycles. The third-order valence-electron chi connectivity index (χ3n) is 4.60. The van der Waals surface area contributed by atoms with Crippen LogP contribution < -0.4 is 5.32 Å². The highest BCUT2D eigenvalue weighted by molar-refractivity contribution is 7.92. The molecule has 1 aromatic heterocycles. The van der Waals surface area contributed by atoms with E-state index in [1.165, 1.54) is 11.1 Å². The number of hydrogen-bond donors (Lipinski definition) is 1. The highest BCUT2D eigenvalue weighted by atomic mass is 32.2. The van der Waals surface area contributed by atoms with Crippen LogP contribution in [0.5, 0.6) is 0 Å². The number of aromatic nitrogens is 2. The third kappa shape index (κ3) is 4.39. The molecule has 3 aromatic rings. The van der Waals surface area contributed by atoms with Gasteiger partial charge in [0.05, 0.1) is 27.7 Å². The Kier molecular flexibility index (Phi) is 5.79. The first-order chi connectivity index (χ1) is 13.3. The topological polar surface area (TPSA) is 72.0 Å². The molecule has 0 unspecified atom stereocenters. The predicted molar refractivity (Wildman–Crippen MR) is 113 cm³/mol. The maximum absolute atomic E-state index is 12.3. The SMILES string of the molecule is Cc1cccc(CNc2nc(-c3ccc(S(=O)(=O)C(C)C)cc3)cnc2C)c1. The van der Waals surface area contributed by atoms with Crippen LogP contribution >= 0.6 is 0 Å². The van der Waals surface area contributed by atoms with Crippen LogP contribution in [0.25, 0.3) is 11.3 Å². The molecule has 0 atom stereocenters. The van der Waals surface area contributed by atoms with Gasteiger partial charge in [-0.05, 0) is 45.4 Å². The third-order valence-corrected chi connectivity index (χ3v) is 6.77. The van der Waals surface area contributed by atoms with Gasteiger partial charge in [-0.1, -0.05) is 42.0 Å². The Morgan fingerprint density at radius 2 is 1.75 bits per heavy atom. The Bertz CT molecular complexity index is 1080. The Balaban J connectivity index is 1.83. The van der Waals surface area contributed by atoms with E-state index >= 15 is 0 Å². The zero-order valence-electron chi connectivity index (χ0n) is 16.6. The van der Waals surface area contributed by atoms with Gasteiger partial charge in [0.25, 0.3) is 0 Å². The van der Waals surface area contributed by atoms with Gasteiger partial charge in [-0.15, -0.1) is 0 Å². The molecule has 0 spiro atoms. The minimum Gasteiger partial charge on any atom is -0.364 e. The first kappa shape index (κ1) is 20.0. The monoisotopic (exact) mass is 395 g/mol. The first-order valence-electron chi connectivity index (χ1n) is 9.25. The van der Waals surface area contributed by atoms with Crippen LogP contribution in [0.3, 0.4) is 0 Å². The molecule has 0 fully saturated rings. The van der Waals surface area contributed by atoms with Crippen LogP contribution in [-0.2, 0) is 16.4 Å². The summed E-state index contributed by atoms with van der Waals surface area (Å²) in [6.07, 6.45) is 1.71. The number of rotatable bonds is 6. The standard InChI is InChI=1S/C22H25N3O2S/c1-15(2)28(26,27)20-10-8-19(9-11-20)21-14-23-17(4)22(25-21)24-13-18-7-5-6-16(3)12-18/h5-12,14-15H,13H2,1-4H3,(H,24,25). The second kappa shape index (κ2) is 8.10. The van der Waals surface area contributed by atoms with Crippen molar-refractivity contribution in [3.63, 3.8) is 0 Å². The van der Waals surface area contributed by atoms with Crippen LogP contribution in [0.2, 0.25) is 0 Å². The second-order valence-electron chi connectivity index (χ2n) is 7.15. The molecular formula is C22H25N3O2S. The fourth-order valence-electron chi connectivity index (χ4n) is 2.85. The van der Waals surface area contributed by atoms with E-state index < -0.39 is 15.1 Å². The van der Waals surface area contributed by atoms with Gasteiger partial charge in [0.1, 0.15) is 5.82 Å². The maximum Gasteiger partial charge on any atom is 0.180 e. The van der Waals surface area contributed by atoms with Crippen molar-refractivity contribution in [3.05, 3.63) is 71.5 Å². The van der Waals surface area contributed by atoms with Crippen molar-refractivity contribution < 1.29 is 8.42 Å². The van der Waals surface area contributed by atoms with Gasteiger partial charge >= 0.3 is 0 Å². The summed E-state index contributed by atoms with van der Waals surface area (Å²) in [5, 5.41) is 2.90. The molecule has 0 aliphatic heterocycles. The summed E-state index contributed by atoms with van der Waals surface area (Å²) in [6, 6.07) is 15.1. The Morgan fingerprint density at radius 3 is 2.39 bits per heavy atom. The van der Waals surface area contributed by atoms with Crippen molar-refractivity contribution in [1.82, 2.24) is 9.97 Å². The van der Waals surface area contributed by atoms with Crippen LogP contribution in [0.1, 0.15) is 30.7 Å². The maximum atomic E-state index is 12.3. The molecule has 5 nitrogen and oxygen atoms in total. The molecule has 0 radical (unpaired) electrons. The van der Waals surface area contributed by atoms with Gasteiger partial charge < -0.3 is 5.32 Å². The largest absolute Gasteiger partial charge is 0.364 e. The molecule has 6 heteroatoms. The van der Waals surface area contributed by atoms with Crippen molar-refractivity contribution in [2.75, 3.05) is 5.32 Å². The highest BCUT2D eigenvalue weighted by Gasteiger charge is 2.19. The number of benzene rings is 2. The lowest BCUT2D eigenvalue weighted by Gasteiger charge is -2.11. The van der Waals surface area contributed by atoms with E-state index in [1.807, 2.05) is 13.0 Å². The van der Waals surface area contributed by atoms with E-state index in [0.29, 0.717) is 17.1 Å². The molecule has 0 amide bonds. The number of hydrogen-bond acceptors (Lipinski definition) is 5. The molecule has 28 heavy (non-hydrogen) atoms. The van der Waals surface area contributed by atoms with Crippen LogP contribution in [0.15, 0.2) is 59.6 Å².